The van der Waals surface area contributed by atoms with Crippen LogP contribution < -0.4 is 16.0 Å². The lowest BCUT2D eigenvalue weighted by molar-refractivity contribution is 0.591. The summed E-state index contributed by atoms with van der Waals surface area (Å²) in [5.74, 6) is -0.252. The van der Waals surface area contributed by atoms with Crippen molar-refractivity contribution in [2.45, 2.75) is 4.90 Å². The lowest BCUT2D eigenvalue weighted by Crippen LogP contribution is -2.39. The van der Waals surface area contributed by atoms with Gasteiger partial charge in [-0.1, -0.05) is 18.2 Å². The summed E-state index contributed by atoms with van der Waals surface area (Å²) in [5, 5.41) is 1.49. The van der Waals surface area contributed by atoms with Crippen LogP contribution in [0.4, 0.5) is 10.1 Å². The molecule has 2 aromatic carbocycles. The molecule has 116 valence electrons. The fourth-order valence-electron chi connectivity index (χ4n) is 2.46. The number of sulfone groups is 1. The zero-order chi connectivity index (χ0) is 16.0. The van der Waals surface area contributed by atoms with Gasteiger partial charge in [-0.2, -0.15) is 0 Å². The molecule has 0 bridgehead atoms. The SMILES string of the molecule is O=S(=O)(C1=C2N=Cc3ccccc3N2NN1)c1ccc(F)cc1. The Balaban J connectivity index is 1.83. The summed E-state index contributed by atoms with van der Waals surface area (Å²) in [4.78, 5) is 4.22. The molecule has 6 nitrogen and oxygen atoms in total. The molecule has 0 amide bonds. The molecule has 2 aliphatic rings. The Morgan fingerprint density at radius 3 is 2.57 bits per heavy atom. The van der Waals surface area contributed by atoms with Crippen molar-refractivity contribution in [3.05, 3.63) is 70.8 Å². The Morgan fingerprint density at radius 1 is 1.04 bits per heavy atom. The smallest absolute Gasteiger partial charge is 0.226 e. The van der Waals surface area contributed by atoms with Gasteiger partial charge < -0.3 is 0 Å². The van der Waals surface area contributed by atoms with Crippen molar-refractivity contribution in [3.63, 3.8) is 0 Å². The Morgan fingerprint density at radius 2 is 1.78 bits per heavy atom. The topological polar surface area (TPSA) is 73.8 Å². The number of hydrazine groups is 2. The monoisotopic (exact) mass is 330 g/mol. The molecule has 0 radical (unpaired) electrons. The second-order valence-corrected chi connectivity index (χ2v) is 6.89. The summed E-state index contributed by atoms with van der Waals surface area (Å²) in [6.45, 7) is 0. The van der Waals surface area contributed by atoms with Gasteiger partial charge in [-0.3, -0.25) is 5.43 Å². The van der Waals surface area contributed by atoms with Gasteiger partial charge >= 0.3 is 0 Å². The molecule has 2 heterocycles. The number of halogens is 1. The summed E-state index contributed by atoms with van der Waals surface area (Å²) in [6, 6.07) is 12.1. The highest BCUT2D eigenvalue weighted by molar-refractivity contribution is 7.95. The summed E-state index contributed by atoms with van der Waals surface area (Å²) in [7, 11) is -3.84. The zero-order valence-corrected chi connectivity index (χ0v) is 12.5. The number of hydrogen-bond acceptors (Lipinski definition) is 6. The van der Waals surface area contributed by atoms with Crippen molar-refractivity contribution in [1.29, 1.82) is 0 Å². The molecule has 4 rings (SSSR count). The molecule has 8 heteroatoms. The van der Waals surface area contributed by atoms with Crippen LogP contribution in [0, 0.1) is 5.82 Å². The first-order chi connectivity index (χ1) is 11.1. The standard InChI is InChI=1S/C15H11FN4O2S/c16-11-5-7-12(8-6-11)23(21,22)15-14-17-9-10-3-1-2-4-13(10)20(14)19-18-15/h1-9,18-19H. The van der Waals surface area contributed by atoms with Crippen LogP contribution in [-0.4, -0.2) is 14.6 Å². The summed E-state index contributed by atoms with van der Waals surface area (Å²) in [6.07, 6.45) is 1.61. The summed E-state index contributed by atoms with van der Waals surface area (Å²) in [5.41, 5.74) is 7.10. The van der Waals surface area contributed by atoms with Crippen LogP contribution in [0.15, 0.2) is 69.3 Å². The summed E-state index contributed by atoms with van der Waals surface area (Å²) >= 11 is 0. The molecule has 0 aliphatic carbocycles. The quantitative estimate of drug-likeness (QED) is 0.820. The lowest BCUT2D eigenvalue weighted by atomic mass is 10.1. The molecule has 0 fully saturated rings. The highest BCUT2D eigenvalue weighted by atomic mass is 32.2. The maximum absolute atomic E-state index is 13.0. The minimum absolute atomic E-state index is 0.00777. The number of hydrogen-bond donors (Lipinski definition) is 2. The second kappa shape index (κ2) is 4.90. The van der Waals surface area contributed by atoms with Crippen molar-refractivity contribution >= 4 is 21.7 Å². The van der Waals surface area contributed by atoms with E-state index >= 15 is 0 Å². The van der Waals surface area contributed by atoms with Gasteiger partial charge in [-0.05, 0) is 30.3 Å². The largest absolute Gasteiger partial charge is 0.290 e. The number of aliphatic imine (C=N–C) groups is 1. The first-order valence-electron chi connectivity index (χ1n) is 6.77. The van der Waals surface area contributed by atoms with Crippen molar-refractivity contribution < 1.29 is 12.8 Å². The number of para-hydroxylation sites is 1. The van der Waals surface area contributed by atoms with E-state index in [0.29, 0.717) is 0 Å². The third-order valence-corrected chi connectivity index (χ3v) is 5.31. The van der Waals surface area contributed by atoms with Gasteiger partial charge in [0.2, 0.25) is 9.84 Å². The third kappa shape index (κ3) is 2.11. The van der Waals surface area contributed by atoms with E-state index in [0.717, 1.165) is 23.4 Å². The predicted molar refractivity (Wildman–Crippen MR) is 83.4 cm³/mol. The molecule has 0 atom stereocenters. The molecular weight excluding hydrogens is 319 g/mol. The van der Waals surface area contributed by atoms with Crippen molar-refractivity contribution in [2.24, 2.45) is 4.99 Å². The Kier molecular flexibility index (Phi) is 2.97. The van der Waals surface area contributed by atoms with Crippen LogP contribution in [0.25, 0.3) is 0 Å². The van der Waals surface area contributed by atoms with Crippen LogP contribution in [-0.2, 0) is 9.84 Å². The first-order valence-corrected chi connectivity index (χ1v) is 8.25. The fourth-order valence-corrected chi connectivity index (χ4v) is 3.75. The number of nitrogens with zero attached hydrogens (tertiary/aromatic N) is 2. The van der Waals surface area contributed by atoms with Gasteiger partial charge in [0.1, 0.15) is 5.82 Å². The number of fused-ring (bicyclic) bond motifs is 3. The average Bonchev–Trinajstić information content (AvgIpc) is 3.00. The van der Waals surface area contributed by atoms with E-state index in [2.05, 4.69) is 16.0 Å². The van der Waals surface area contributed by atoms with Gasteiger partial charge in [-0.15, -0.1) is 5.53 Å². The number of rotatable bonds is 2. The minimum Gasteiger partial charge on any atom is -0.290 e. The lowest BCUT2D eigenvalue weighted by Gasteiger charge is -2.23. The van der Waals surface area contributed by atoms with Crippen LogP contribution in [0.1, 0.15) is 5.56 Å². The fraction of sp³-hybridized carbons (Fsp3) is 0. The van der Waals surface area contributed by atoms with Gasteiger partial charge in [-0.25, -0.2) is 22.8 Å². The predicted octanol–water partition coefficient (Wildman–Crippen LogP) is 1.69. The minimum atomic E-state index is -3.84. The van der Waals surface area contributed by atoms with Crippen LogP contribution in [0.2, 0.25) is 0 Å². The molecule has 0 unspecified atom stereocenters. The molecule has 2 aromatic rings. The van der Waals surface area contributed by atoms with Crippen LogP contribution in [0.5, 0.6) is 0 Å². The Hall–Kier alpha value is -2.71. The highest BCUT2D eigenvalue weighted by Crippen LogP contribution is 2.32. The molecule has 23 heavy (non-hydrogen) atoms. The van der Waals surface area contributed by atoms with E-state index < -0.39 is 15.7 Å². The van der Waals surface area contributed by atoms with E-state index in [1.165, 1.54) is 12.1 Å². The van der Waals surface area contributed by atoms with E-state index in [-0.39, 0.29) is 15.7 Å². The number of nitrogens with one attached hydrogen (secondary N) is 2. The van der Waals surface area contributed by atoms with E-state index in [1.54, 1.807) is 11.2 Å². The maximum atomic E-state index is 13.0. The number of anilines is 1. The molecule has 0 spiro atoms. The molecule has 0 saturated carbocycles. The average molecular weight is 330 g/mol. The van der Waals surface area contributed by atoms with Crippen molar-refractivity contribution in [3.8, 4) is 0 Å². The maximum Gasteiger partial charge on any atom is 0.226 e. The third-order valence-electron chi connectivity index (χ3n) is 3.59. The van der Waals surface area contributed by atoms with Gasteiger partial charge in [0.25, 0.3) is 0 Å². The molecule has 2 aliphatic heterocycles. The Bertz CT molecular complexity index is 952. The second-order valence-electron chi connectivity index (χ2n) is 5.00. The molecular formula is C15H11FN4O2S. The van der Waals surface area contributed by atoms with Gasteiger partial charge in [0.05, 0.1) is 10.6 Å². The van der Waals surface area contributed by atoms with Gasteiger partial charge in [0, 0.05) is 11.8 Å². The van der Waals surface area contributed by atoms with E-state index in [9.17, 15) is 12.8 Å². The zero-order valence-electron chi connectivity index (χ0n) is 11.7. The molecule has 2 N–H and O–H groups in total. The summed E-state index contributed by atoms with van der Waals surface area (Å²) < 4.78 is 38.5. The normalized spacial score (nSPS) is 16.1. The van der Waals surface area contributed by atoms with E-state index in [4.69, 9.17) is 0 Å². The van der Waals surface area contributed by atoms with Crippen molar-refractivity contribution in [1.82, 2.24) is 11.0 Å². The highest BCUT2D eigenvalue weighted by Gasteiger charge is 2.35. The number of benzene rings is 2. The molecule has 0 aromatic heterocycles. The van der Waals surface area contributed by atoms with E-state index in [1.807, 2.05) is 24.3 Å². The van der Waals surface area contributed by atoms with Gasteiger partial charge in [0.15, 0.2) is 10.9 Å². The van der Waals surface area contributed by atoms with Crippen LogP contribution in [0.3, 0.4) is 0 Å². The molecule has 0 saturated heterocycles. The Labute approximate surface area is 131 Å². The van der Waals surface area contributed by atoms with Crippen molar-refractivity contribution in [2.75, 3.05) is 5.01 Å². The van der Waals surface area contributed by atoms with Crippen LogP contribution >= 0.6 is 0 Å². The first kappa shape index (κ1) is 13.9.